The van der Waals surface area contributed by atoms with Crippen LogP contribution in [0.2, 0.25) is 0 Å². The summed E-state index contributed by atoms with van der Waals surface area (Å²) in [5.41, 5.74) is 1.92. The summed E-state index contributed by atoms with van der Waals surface area (Å²) in [4.78, 5) is 22.7. The second kappa shape index (κ2) is 8.43. The van der Waals surface area contributed by atoms with Crippen molar-refractivity contribution >= 4 is 33.3 Å². The Hall–Kier alpha value is -2.72. The number of nitrogens with one attached hydrogen (secondary N) is 1. The van der Waals surface area contributed by atoms with Crippen molar-refractivity contribution in [1.82, 2.24) is 30.2 Å². The fourth-order valence-corrected chi connectivity index (χ4v) is 6.08. The molecule has 31 heavy (non-hydrogen) atoms. The third-order valence-electron chi connectivity index (χ3n) is 5.39. The van der Waals surface area contributed by atoms with E-state index in [1.54, 1.807) is 16.0 Å². The standard InChI is InChI=1S/C21H22N6O2S2/c1-3-29-15-7-5-4-6-14(15)27-21(24-25-26-27)30-11-17-22-19(28)18-13-9-8-12(2)10-16(13)31-20(18)23-17/h4-7,12H,3,8-11H2,1-2H3,(H,22,23,28). The van der Waals surface area contributed by atoms with E-state index in [2.05, 4.69) is 27.4 Å². The van der Waals surface area contributed by atoms with Gasteiger partial charge in [-0.2, -0.15) is 4.68 Å². The number of aromatic amines is 1. The first-order valence-corrected chi connectivity index (χ1v) is 12.1. The Kier molecular flexibility index (Phi) is 5.49. The first-order chi connectivity index (χ1) is 15.1. The van der Waals surface area contributed by atoms with Crippen LogP contribution in [0.5, 0.6) is 5.75 Å². The molecule has 3 heterocycles. The van der Waals surface area contributed by atoms with E-state index in [0.717, 1.165) is 35.2 Å². The van der Waals surface area contributed by atoms with Crippen molar-refractivity contribution in [1.29, 1.82) is 0 Å². The zero-order valence-electron chi connectivity index (χ0n) is 17.3. The lowest BCUT2D eigenvalue weighted by molar-refractivity contribution is 0.337. The van der Waals surface area contributed by atoms with Gasteiger partial charge >= 0.3 is 0 Å². The molecule has 3 aromatic heterocycles. The quantitative estimate of drug-likeness (QED) is 0.443. The molecule has 1 N–H and O–H groups in total. The summed E-state index contributed by atoms with van der Waals surface area (Å²) in [6.45, 7) is 4.75. The Morgan fingerprint density at radius 2 is 2.23 bits per heavy atom. The summed E-state index contributed by atoms with van der Waals surface area (Å²) in [6, 6.07) is 7.63. The van der Waals surface area contributed by atoms with Crippen molar-refractivity contribution in [3.8, 4) is 11.4 Å². The minimum Gasteiger partial charge on any atom is -0.492 e. The maximum atomic E-state index is 12.8. The van der Waals surface area contributed by atoms with E-state index in [9.17, 15) is 4.79 Å². The molecule has 1 atom stereocenters. The van der Waals surface area contributed by atoms with Gasteiger partial charge in [0.05, 0.1) is 17.7 Å². The summed E-state index contributed by atoms with van der Waals surface area (Å²) < 4.78 is 7.36. The summed E-state index contributed by atoms with van der Waals surface area (Å²) in [5, 5.41) is 13.5. The van der Waals surface area contributed by atoms with Crippen LogP contribution in [0, 0.1) is 5.92 Å². The van der Waals surface area contributed by atoms with Crippen LogP contribution in [0.15, 0.2) is 34.2 Å². The molecule has 0 bridgehead atoms. The molecule has 10 heteroatoms. The number of H-pyrrole nitrogens is 1. The summed E-state index contributed by atoms with van der Waals surface area (Å²) in [6.07, 6.45) is 3.12. The van der Waals surface area contributed by atoms with Crippen molar-refractivity contribution in [2.75, 3.05) is 6.61 Å². The van der Waals surface area contributed by atoms with Crippen molar-refractivity contribution in [3.05, 3.63) is 50.9 Å². The van der Waals surface area contributed by atoms with Crippen LogP contribution in [0.1, 0.15) is 36.5 Å². The van der Waals surface area contributed by atoms with Gasteiger partial charge in [0, 0.05) is 4.88 Å². The van der Waals surface area contributed by atoms with Gasteiger partial charge in [0.1, 0.15) is 22.1 Å². The number of hydrogen-bond donors (Lipinski definition) is 1. The molecule has 0 saturated heterocycles. The number of thiophene rings is 1. The van der Waals surface area contributed by atoms with Crippen LogP contribution in [0.4, 0.5) is 0 Å². The Bertz CT molecular complexity index is 1290. The average molecular weight is 455 g/mol. The maximum absolute atomic E-state index is 12.8. The highest BCUT2D eigenvalue weighted by Gasteiger charge is 2.23. The molecule has 4 aromatic rings. The molecule has 8 nitrogen and oxygen atoms in total. The third kappa shape index (κ3) is 3.85. The number of aryl methyl sites for hydroxylation is 1. The second-order valence-electron chi connectivity index (χ2n) is 7.61. The first kappa shape index (κ1) is 20.2. The zero-order chi connectivity index (χ0) is 21.4. The van der Waals surface area contributed by atoms with E-state index in [1.165, 1.54) is 22.2 Å². The molecule has 1 unspecified atom stereocenters. The SMILES string of the molecule is CCOc1ccccc1-n1nnnc1SCc1nc2sc3c(c2c(=O)[nH]1)CCC(C)C3. The van der Waals surface area contributed by atoms with Gasteiger partial charge in [-0.1, -0.05) is 30.8 Å². The third-order valence-corrected chi connectivity index (χ3v) is 7.47. The number of fused-ring (bicyclic) bond motifs is 3. The number of aromatic nitrogens is 6. The molecule has 160 valence electrons. The Balaban J connectivity index is 1.42. The lowest BCUT2D eigenvalue weighted by atomic mass is 9.89. The average Bonchev–Trinajstić information content (AvgIpc) is 3.36. The highest BCUT2D eigenvalue weighted by atomic mass is 32.2. The van der Waals surface area contributed by atoms with E-state index in [1.807, 2.05) is 31.2 Å². The number of hydrogen-bond acceptors (Lipinski definition) is 8. The Morgan fingerprint density at radius 3 is 3.10 bits per heavy atom. The van der Waals surface area contributed by atoms with Crippen molar-refractivity contribution in [2.45, 2.75) is 44.0 Å². The minimum atomic E-state index is -0.0473. The van der Waals surface area contributed by atoms with Gasteiger partial charge in [0.2, 0.25) is 5.16 Å². The van der Waals surface area contributed by atoms with E-state index >= 15 is 0 Å². The molecule has 0 radical (unpaired) electrons. The van der Waals surface area contributed by atoms with E-state index in [0.29, 0.717) is 35.0 Å². The summed E-state index contributed by atoms with van der Waals surface area (Å²) in [5.74, 6) is 2.46. The molecule has 0 saturated carbocycles. The van der Waals surface area contributed by atoms with Crippen molar-refractivity contribution in [2.24, 2.45) is 5.92 Å². The van der Waals surface area contributed by atoms with Gasteiger partial charge in [0.25, 0.3) is 5.56 Å². The van der Waals surface area contributed by atoms with Crippen LogP contribution in [-0.2, 0) is 18.6 Å². The smallest absolute Gasteiger partial charge is 0.259 e. The van der Waals surface area contributed by atoms with Gasteiger partial charge in [-0.25, -0.2) is 4.98 Å². The lowest BCUT2D eigenvalue weighted by Gasteiger charge is -2.17. The predicted octanol–water partition coefficient (Wildman–Crippen LogP) is 3.78. The van der Waals surface area contributed by atoms with Crippen LogP contribution < -0.4 is 10.3 Å². The molecule has 5 rings (SSSR count). The fraction of sp³-hybridized carbons (Fsp3) is 0.381. The number of thioether (sulfide) groups is 1. The number of benzene rings is 1. The summed E-state index contributed by atoms with van der Waals surface area (Å²) in [7, 11) is 0. The highest BCUT2D eigenvalue weighted by Crippen LogP contribution is 2.36. The Morgan fingerprint density at radius 1 is 1.35 bits per heavy atom. The van der Waals surface area contributed by atoms with Gasteiger partial charge in [-0.15, -0.1) is 16.4 Å². The number of nitrogens with zero attached hydrogens (tertiary/aromatic N) is 5. The molecular weight excluding hydrogens is 432 g/mol. The number of ether oxygens (including phenoxy) is 1. The van der Waals surface area contributed by atoms with Gasteiger partial charge in [0.15, 0.2) is 0 Å². The molecule has 1 aliphatic rings. The monoisotopic (exact) mass is 454 g/mol. The van der Waals surface area contributed by atoms with Crippen molar-refractivity contribution < 1.29 is 4.74 Å². The number of rotatable bonds is 6. The highest BCUT2D eigenvalue weighted by molar-refractivity contribution is 7.98. The van der Waals surface area contributed by atoms with Gasteiger partial charge < -0.3 is 9.72 Å². The van der Waals surface area contributed by atoms with Gasteiger partial charge in [-0.05, 0) is 60.2 Å². The van der Waals surface area contributed by atoms with Crippen LogP contribution >= 0.6 is 23.1 Å². The lowest BCUT2D eigenvalue weighted by Crippen LogP contribution is -2.14. The largest absolute Gasteiger partial charge is 0.492 e. The normalized spacial score (nSPS) is 15.9. The number of para-hydroxylation sites is 2. The first-order valence-electron chi connectivity index (χ1n) is 10.3. The van der Waals surface area contributed by atoms with Crippen molar-refractivity contribution in [3.63, 3.8) is 0 Å². The summed E-state index contributed by atoms with van der Waals surface area (Å²) >= 11 is 3.08. The predicted molar refractivity (Wildman–Crippen MR) is 121 cm³/mol. The van der Waals surface area contributed by atoms with Crippen LogP contribution in [0.25, 0.3) is 15.9 Å². The van der Waals surface area contributed by atoms with E-state index in [-0.39, 0.29) is 5.56 Å². The molecule has 1 aromatic carbocycles. The maximum Gasteiger partial charge on any atom is 0.259 e. The molecule has 0 spiro atoms. The molecule has 1 aliphatic carbocycles. The fourth-order valence-electron chi connectivity index (χ4n) is 3.92. The molecule has 0 fully saturated rings. The van der Waals surface area contributed by atoms with Crippen LogP contribution in [-0.4, -0.2) is 36.8 Å². The molecule has 0 aliphatic heterocycles. The number of tetrazole rings is 1. The molecule has 0 amide bonds. The van der Waals surface area contributed by atoms with Gasteiger partial charge in [-0.3, -0.25) is 4.79 Å². The van der Waals surface area contributed by atoms with E-state index < -0.39 is 0 Å². The second-order valence-corrected chi connectivity index (χ2v) is 9.63. The van der Waals surface area contributed by atoms with Crippen LogP contribution in [0.3, 0.4) is 0 Å². The van der Waals surface area contributed by atoms with E-state index in [4.69, 9.17) is 9.72 Å². The minimum absolute atomic E-state index is 0.0473. The Labute approximate surface area is 187 Å². The topological polar surface area (TPSA) is 98.6 Å². The zero-order valence-corrected chi connectivity index (χ0v) is 18.9. The molecular formula is C21H22N6O2S2.